The highest BCUT2D eigenvalue weighted by Gasteiger charge is 2.14. The lowest BCUT2D eigenvalue weighted by atomic mass is 10.2. The molecule has 28 heavy (non-hydrogen) atoms. The number of carbonyl (C=O) groups is 1. The summed E-state index contributed by atoms with van der Waals surface area (Å²) >= 11 is 0. The molecule has 3 rings (SSSR count). The molecule has 0 spiro atoms. The molecule has 150 valence electrons. The van der Waals surface area contributed by atoms with Crippen molar-refractivity contribution in [1.82, 2.24) is 15.1 Å². The van der Waals surface area contributed by atoms with Crippen LogP contribution in [-0.4, -0.2) is 62.1 Å². The monoisotopic (exact) mass is 384 g/mol. The van der Waals surface area contributed by atoms with Gasteiger partial charge in [0.05, 0.1) is 6.61 Å². The molecule has 1 aromatic carbocycles. The number of ether oxygens (including phenoxy) is 1. The zero-order valence-corrected chi connectivity index (χ0v) is 16.3. The van der Waals surface area contributed by atoms with Crippen LogP contribution in [0.25, 0.3) is 0 Å². The van der Waals surface area contributed by atoms with E-state index < -0.39 is 0 Å². The highest BCUT2D eigenvalue weighted by Crippen LogP contribution is 2.16. The van der Waals surface area contributed by atoms with Gasteiger partial charge in [0.1, 0.15) is 11.3 Å². The normalized spacial score (nSPS) is 15.3. The number of nitrogens with zero attached hydrogens (tertiary/aromatic N) is 3. The summed E-state index contributed by atoms with van der Waals surface area (Å²) in [4.78, 5) is 16.8. The number of rotatable bonds is 8. The van der Waals surface area contributed by atoms with Crippen LogP contribution in [-0.2, 0) is 6.54 Å². The highest BCUT2D eigenvalue weighted by molar-refractivity contribution is 5.93. The van der Waals surface area contributed by atoms with Crippen molar-refractivity contribution in [1.29, 1.82) is 0 Å². The lowest BCUT2D eigenvalue weighted by molar-refractivity contribution is -0.605. The second kappa shape index (κ2) is 10.1. The number of benzene rings is 1. The molecule has 1 amide bonds. The summed E-state index contributed by atoms with van der Waals surface area (Å²) < 4.78 is 6.45. The van der Waals surface area contributed by atoms with Crippen LogP contribution < -0.4 is 14.8 Å². The molecule has 1 saturated heterocycles. The van der Waals surface area contributed by atoms with E-state index in [4.69, 9.17) is 4.74 Å². The summed E-state index contributed by atoms with van der Waals surface area (Å²) in [6, 6.07) is 11.4. The van der Waals surface area contributed by atoms with Crippen LogP contribution >= 0.6 is 0 Å². The van der Waals surface area contributed by atoms with Gasteiger partial charge in [-0.3, -0.25) is 9.69 Å². The van der Waals surface area contributed by atoms with E-state index in [1.807, 2.05) is 12.1 Å². The molecule has 0 radical (unpaired) electrons. The van der Waals surface area contributed by atoms with Crippen LogP contribution in [0.1, 0.15) is 22.3 Å². The van der Waals surface area contributed by atoms with Gasteiger partial charge in [0.2, 0.25) is 0 Å². The Labute approximate surface area is 166 Å². The van der Waals surface area contributed by atoms with Gasteiger partial charge in [-0.25, -0.2) is 0 Å². The van der Waals surface area contributed by atoms with Crippen molar-refractivity contribution in [3.05, 3.63) is 65.1 Å². The zero-order valence-electron chi connectivity index (χ0n) is 16.3. The van der Waals surface area contributed by atoms with Gasteiger partial charge >= 0.3 is 0 Å². The molecular formula is C21H28N4O3. The fourth-order valence-electron chi connectivity index (χ4n) is 3.15. The van der Waals surface area contributed by atoms with E-state index in [0.29, 0.717) is 29.9 Å². The van der Waals surface area contributed by atoms with Crippen molar-refractivity contribution in [3.8, 4) is 5.75 Å². The number of carbonyl (C=O) groups excluding carboxylic acids is 1. The molecule has 1 fully saturated rings. The van der Waals surface area contributed by atoms with E-state index in [-0.39, 0.29) is 5.91 Å². The Bertz CT molecular complexity index is 776. The summed E-state index contributed by atoms with van der Waals surface area (Å²) in [5.41, 5.74) is 1.61. The number of hydrogen-bond donors (Lipinski definition) is 1. The third-order valence-electron chi connectivity index (χ3n) is 4.81. The van der Waals surface area contributed by atoms with Crippen molar-refractivity contribution in [2.24, 2.45) is 0 Å². The van der Waals surface area contributed by atoms with Crippen LogP contribution in [0.2, 0.25) is 0 Å². The minimum Gasteiger partial charge on any atom is -0.619 e. The third kappa shape index (κ3) is 6.21. The molecule has 0 bridgehead atoms. The van der Waals surface area contributed by atoms with Gasteiger partial charge in [-0.2, -0.15) is 4.73 Å². The van der Waals surface area contributed by atoms with Gasteiger partial charge in [-0.15, -0.1) is 0 Å². The number of pyridine rings is 1. The van der Waals surface area contributed by atoms with E-state index in [1.165, 1.54) is 18.0 Å². The maximum absolute atomic E-state index is 12.0. The van der Waals surface area contributed by atoms with Gasteiger partial charge in [0, 0.05) is 45.3 Å². The number of likely N-dealkylation sites (N-methyl/N-ethyl adjacent to an activating group) is 1. The zero-order chi connectivity index (χ0) is 19.8. The van der Waals surface area contributed by atoms with Crippen LogP contribution in [0.5, 0.6) is 5.75 Å². The molecule has 7 heteroatoms. The van der Waals surface area contributed by atoms with E-state index in [0.717, 1.165) is 38.5 Å². The average molecular weight is 384 g/mol. The Hall–Kier alpha value is -2.64. The summed E-state index contributed by atoms with van der Waals surface area (Å²) in [7, 11) is 2.16. The topological polar surface area (TPSA) is 71.8 Å². The molecule has 0 saturated carbocycles. The molecule has 7 nitrogen and oxygen atoms in total. The van der Waals surface area contributed by atoms with Gasteiger partial charge in [-0.1, -0.05) is 12.1 Å². The van der Waals surface area contributed by atoms with Crippen molar-refractivity contribution >= 4 is 5.91 Å². The Morgan fingerprint density at radius 2 is 2.04 bits per heavy atom. The Kier molecular flexibility index (Phi) is 7.22. The standard InChI is InChI=1S/C21H28N4O3/c1-23-10-12-24(13-11-23)16-18-5-2-7-20(15-18)28-14-4-8-22-21(26)19-6-3-9-25(27)17-19/h2-3,5-7,9,15,17H,4,8,10-14,16H2,1H3,(H,22,26). The average Bonchev–Trinajstić information content (AvgIpc) is 2.70. The predicted molar refractivity (Wildman–Crippen MR) is 107 cm³/mol. The number of piperazine rings is 1. The van der Waals surface area contributed by atoms with E-state index in [9.17, 15) is 10.0 Å². The van der Waals surface area contributed by atoms with Crippen LogP contribution in [0, 0.1) is 5.21 Å². The maximum Gasteiger partial charge on any atom is 0.257 e. The predicted octanol–water partition coefficient (Wildman–Crippen LogP) is 1.27. The molecule has 1 aliphatic rings. The van der Waals surface area contributed by atoms with Crippen molar-refractivity contribution < 1.29 is 14.3 Å². The molecule has 2 heterocycles. The second-order valence-corrected chi connectivity index (χ2v) is 7.14. The van der Waals surface area contributed by atoms with Gasteiger partial charge in [0.25, 0.3) is 5.91 Å². The van der Waals surface area contributed by atoms with E-state index in [1.54, 1.807) is 12.1 Å². The first kappa shape index (κ1) is 20.1. The van der Waals surface area contributed by atoms with Crippen molar-refractivity contribution in [3.63, 3.8) is 0 Å². The maximum atomic E-state index is 12.0. The van der Waals surface area contributed by atoms with Crippen molar-refractivity contribution in [2.75, 3.05) is 46.4 Å². The van der Waals surface area contributed by atoms with Gasteiger partial charge < -0.3 is 20.2 Å². The quantitative estimate of drug-likeness (QED) is 0.422. The van der Waals surface area contributed by atoms with Crippen molar-refractivity contribution in [2.45, 2.75) is 13.0 Å². The smallest absolute Gasteiger partial charge is 0.257 e. The number of aromatic nitrogens is 1. The molecule has 0 unspecified atom stereocenters. The Morgan fingerprint density at radius 3 is 2.82 bits per heavy atom. The number of amides is 1. The minimum atomic E-state index is -0.251. The SMILES string of the molecule is CN1CCN(Cc2cccc(OCCCNC(=O)c3ccc[n+]([O-])c3)c2)CC1. The largest absolute Gasteiger partial charge is 0.619 e. The lowest BCUT2D eigenvalue weighted by Gasteiger charge is -2.32. The molecule has 1 aliphatic heterocycles. The first-order valence-electron chi connectivity index (χ1n) is 9.70. The number of hydrogen-bond acceptors (Lipinski definition) is 5. The molecule has 0 atom stereocenters. The minimum absolute atomic E-state index is 0.251. The summed E-state index contributed by atoms with van der Waals surface area (Å²) in [6.07, 6.45) is 3.30. The van der Waals surface area contributed by atoms with E-state index in [2.05, 4.69) is 34.3 Å². The fraction of sp³-hybridized carbons (Fsp3) is 0.429. The molecule has 1 aromatic heterocycles. The first-order chi connectivity index (χ1) is 13.6. The second-order valence-electron chi connectivity index (χ2n) is 7.14. The molecular weight excluding hydrogens is 356 g/mol. The number of nitrogens with one attached hydrogen (secondary N) is 1. The Balaban J connectivity index is 1.37. The molecule has 2 aromatic rings. The first-order valence-corrected chi connectivity index (χ1v) is 9.70. The third-order valence-corrected chi connectivity index (χ3v) is 4.81. The van der Waals surface area contributed by atoms with Gasteiger partial charge in [0.15, 0.2) is 12.4 Å². The van der Waals surface area contributed by atoms with Gasteiger partial charge in [-0.05, 0) is 37.2 Å². The van der Waals surface area contributed by atoms with Crippen LogP contribution in [0.15, 0.2) is 48.8 Å². The molecule has 0 aliphatic carbocycles. The van der Waals surface area contributed by atoms with Crippen LogP contribution in [0.4, 0.5) is 0 Å². The fourth-order valence-corrected chi connectivity index (χ4v) is 3.15. The highest BCUT2D eigenvalue weighted by atomic mass is 16.5. The molecule has 1 N–H and O–H groups in total. The van der Waals surface area contributed by atoms with Crippen LogP contribution in [0.3, 0.4) is 0 Å². The summed E-state index contributed by atoms with van der Waals surface area (Å²) in [5, 5.41) is 14.0. The van der Waals surface area contributed by atoms with E-state index >= 15 is 0 Å². The Morgan fingerprint density at radius 1 is 1.21 bits per heavy atom. The summed E-state index contributed by atoms with van der Waals surface area (Å²) in [6.45, 7) is 6.36. The summed E-state index contributed by atoms with van der Waals surface area (Å²) in [5.74, 6) is 0.604. The lowest BCUT2D eigenvalue weighted by Crippen LogP contribution is -2.43.